The molecule has 5 heteroatoms. The number of fused-ring (bicyclic) bond motifs is 1. The van der Waals surface area contributed by atoms with Crippen molar-refractivity contribution < 1.29 is 17.9 Å². The third kappa shape index (κ3) is 3.61. The van der Waals surface area contributed by atoms with Crippen LogP contribution in [0.15, 0.2) is 100 Å². The summed E-state index contributed by atoms with van der Waals surface area (Å²) in [5.41, 5.74) is 1.27. The van der Waals surface area contributed by atoms with Crippen molar-refractivity contribution in [2.45, 2.75) is 24.2 Å². The maximum atomic E-state index is 13.5. The maximum Gasteiger partial charge on any atom is 0.206 e. The molecule has 4 nitrogen and oxygen atoms in total. The van der Waals surface area contributed by atoms with Gasteiger partial charge in [-0.15, -0.1) is 0 Å². The number of Topliss-reactive ketones (excluding diaryl/α,β-unsaturated/α-hetero) is 1. The third-order valence-electron chi connectivity index (χ3n) is 5.05. The molecule has 146 valence electrons. The van der Waals surface area contributed by atoms with Gasteiger partial charge in [-0.2, -0.15) is 0 Å². The van der Waals surface area contributed by atoms with Crippen molar-refractivity contribution in [3.05, 3.63) is 107 Å². The molecule has 0 bridgehead atoms. The Kier molecular flexibility index (Phi) is 5.07. The molecular formula is C24H20O4S. The first-order valence-electron chi connectivity index (χ1n) is 9.34. The quantitative estimate of drug-likeness (QED) is 0.553. The monoisotopic (exact) mass is 404 g/mol. The highest BCUT2D eigenvalue weighted by Crippen LogP contribution is 2.45. The highest BCUT2D eigenvalue weighted by Gasteiger charge is 2.38. The van der Waals surface area contributed by atoms with E-state index in [9.17, 15) is 13.2 Å². The zero-order chi connectivity index (χ0) is 20.4. The summed E-state index contributed by atoms with van der Waals surface area (Å²) in [4.78, 5) is 13.3. The average Bonchev–Trinajstić information content (AvgIpc) is 2.74. The molecule has 0 aliphatic carbocycles. The molecule has 0 fully saturated rings. The second kappa shape index (κ2) is 7.68. The summed E-state index contributed by atoms with van der Waals surface area (Å²) in [5, 5.41) is 0. The van der Waals surface area contributed by atoms with Crippen LogP contribution < -0.4 is 4.74 Å². The van der Waals surface area contributed by atoms with E-state index in [-0.39, 0.29) is 22.0 Å². The molecule has 0 aromatic heterocycles. The number of para-hydroxylation sites is 1. The van der Waals surface area contributed by atoms with E-state index in [1.165, 1.54) is 0 Å². The van der Waals surface area contributed by atoms with Gasteiger partial charge in [0.25, 0.3) is 0 Å². The van der Waals surface area contributed by atoms with Crippen molar-refractivity contribution in [2.75, 3.05) is 0 Å². The number of hydrogen-bond donors (Lipinski definition) is 0. The number of rotatable bonds is 5. The van der Waals surface area contributed by atoms with Crippen LogP contribution in [0.3, 0.4) is 0 Å². The highest BCUT2D eigenvalue weighted by atomic mass is 32.2. The Bertz CT molecular complexity index is 1180. The fourth-order valence-electron chi connectivity index (χ4n) is 3.70. The van der Waals surface area contributed by atoms with Crippen LogP contribution in [0.25, 0.3) is 0 Å². The molecule has 0 radical (unpaired) electrons. The number of hydrogen-bond acceptors (Lipinski definition) is 4. The van der Waals surface area contributed by atoms with Crippen LogP contribution in [0.1, 0.15) is 35.2 Å². The second-order valence-corrected chi connectivity index (χ2v) is 8.84. The van der Waals surface area contributed by atoms with Crippen LogP contribution in [-0.2, 0) is 9.84 Å². The Morgan fingerprint density at radius 3 is 2.14 bits per heavy atom. The van der Waals surface area contributed by atoms with Gasteiger partial charge in [0, 0.05) is 23.5 Å². The topological polar surface area (TPSA) is 60.4 Å². The van der Waals surface area contributed by atoms with Gasteiger partial charge in [0.2, 0.25) is 9.84 Å². The molecule has 3 aromatic rings. The van der Waals surface area contributed by atoms with E-state index in [2.05, 4.69) is 0 Å². The highest BCUT2D eigenvalue weighted by molar-refractivity contribution is 7.95. The lowest BCUT2D eigenvalue weighted by atomic mass is 9.89. The smallest absolute Gasteiger partial charge is 0.206 e. The van der Waals surface area contributed by atoms with Crippen molar-refractivity contribution >= 4 is 15.6 Å². The van der Waals surface area contributed by atoms with Gasteiger partial charge in [0.05, 0.1) is 9.80 Å². The van der Waals surface area contributed by atoms with Crippen LogP contribution >= 0.6 is 0 Å². The molecule has 29 heavy (non-hydrogen) atoms. The van der Waals surface area contributed by atoms with Gasteiger partial charge in [0.15, 0.2) is 5.78 Å². The Labute approximate surface area is 170 Å². The van der Waals surface area contributed by atoms with Crippen molar-refractivity contribution in [2.24, 2.45) is 0 Å². The number of carbonyl (C=O) groups excluding carboxylic acids is 1. The molecule has 1 aliphatic rings. The van der Waals surface area contributed by atoms with Crippen LogP contribution in [0, 0.1) is 0 Å². The number of ether oxygens (including phenoxy) is 1. The molecule has 1 heterocycles. The van der Waals surface area contributed by atoms with Gasteiger partial charge in [0.1, 0.15) is 11.5 Å². The molecule has 1 aliphatic heterocycles. The fourth-order valence-corrected chi connectivity index (χ4v) is 5.47. The first-order valence-corrected chi connectivity index (χ1v) is 10.8. The summed E-state index contributed by atoms with van der Waals surface area (Å²) >= 11 is 0. The fraction of sp³-hybridized carbons (Fsp3) is 0.125. The van der Waals surface area contributed by atoms with Gasteiger partial charge in [-0.3, -0.25) is 4.79 Å². The molecule has 1 unspecified atom stereocenters. The van der Waals surface area contributed by atoms with E-state index in [0.717, 1.165) is 0 Å². The van der Waals surface area contributed by atoms with E-state index >= 15 is 0 Å². The number of ketones is 1. The molecule has 0 amide bonds. The van der Waals surface area contributed by atoms with E-state index < -0.39 is 15.8 Å². The summed E-state index contributed by atoms with van der Waals surface area (Å²) in [6, 6.07) is 24.5. The minimum Gasteiger partial charge on any atom is -0.461 e. The lowest BCUT2D eigenvalue weighted by Crippen LogP contribution is -2.23. The third-order valence-corrected chi connectivity index (χ3v) is 7.09. The Hall–Kier alpha value is -3.18. The number of sulfone groups is 1. The van der Waals surface area contributed by atoms with Gasteiger partial charge in [-0.1, -0.05) is 66.7 Å². The minimum atomic E-state index is -3.83. The first-order chi connectivity index (χ1) is 14.0. The van der Waals surface area contributed by atoms with Crippen LogP contribution in [0.2, 0.25) is 0 Å². The molecule has 4 rings (SSSR count). The van der Waals surface area contributed by atoms with Crippen LogP contribution in [0.4, 0.5) is 0 Å². The predicted molar refractivity (Wildman–Crippen MR) is 112 cm³/mol. The summed E-state index contributed by atoms with van der Waals surface area (Å²) in [5.74, 6) is 0.167. The van der Waals surface area contributed by atoms with Gasteiger partial charge in [-0.05, 0) is 25.1 Å². The second-order valence-electron chi connectivity index (χ2n) is 6.92. The minimum absolute atomic E-state index is 0.0448. The molecule has 0 spiro atoms. The summed E-state index contributed by atoms with van der Waals surface area (Å²) in [6.45, 7) is 1.64. The standard InChI is InChI=1S/C24H20O4S/c1-17-24(29(26,27)19-12-6-3-7-13-19)21(20-14-8-9-15-23(20)28-17)16-22(25)18-10-4-2-5-11-18/h2-15,21H,16H2,1H3. The van der Waals surface area contributed by atoms with Crippen molar-refractivity contribution in [1.82, 2.24) is 0 Å². The Morgan fingerprint density at radius 1 is 0.862 bits per heavy atom. The molecule has 0 saturated carbocycles. The lowest BCUT2D eigenvalue weighted by molar-refractivity contribution is 0.0977. The first kappa shape index (κ1) is 19.2. The lowest BCUT2D eigenvalue weighted by Gasteiger charge is -2.29. The SMILES string of the molecule is CC1=C(S(=O)(=O)c2ccccc2)C(CC(=O)c2ccccc2)c2ccccc2O1. The number of allylic oxidation sites excluding steroid dienone is 2. The average molecular weight is 404 g/mol. The van der Waals surface area contributed by atoms with Crippen LogP contribution in [-0.4, -0.2) is 14.2 Å². The van der Waals surface area contributed by atoms with E-state index in [1.54, 1.807) is 67.6 Å². The van der Waals surface area contributed by atoms with E-state index in [0.29, 0.717) is 22.6 Å². The summed E-state index contributed by atoms with van der Waals surface area (Å²) < 4.78 is 32.8. The van der Waals surface area contributed by atoms with Crippen molar-refractivity contribution in [1.29, 1.82) is 0 Å². The van der Waals surface area contributed by atoms with Crippen molar-refractivity contribution in [3.8, 4) is 5.75 Å². The number of carbonyl (C=O) groups is 1. The van der Waals surface area contributed by atoms with Gasteiger partial charge >= 0.3 is 0 Å². The van der Waals surface area contributed by atoms with E-state index in [1.807, 2.05) is 24.3 Å². The summed E-state index contributed by atoms with van der Waals surface area (Å²) in [6.07, 6.45) is 0.0448. The van der Waals surface area contributed by atoms with Crippen molar-refractivity contribution in [3.63, 3.8) is 0 Å². The summed E-state index contributed by atoms with van der Waals surface area (Å²) in [7, 11) is -3.83. The van der Waals surface area contributed by atoms with Gasteiger partial charge < -0.3 is 4.74 Å². The molecule has 3 aromatic carbocycles. The molecule has 0 N–H and O–H groups in total. The molecule has 0 saturated heterocycles. The zero-order valence-electron chi connectivity index (χ0n) is 15.9. The molecule has 1 atom stereocenters. The van der Waals surface area contributed by atoms with Gasteiger partial charge in [-0.25, -0.2) is 8.42 Å². The zero-order valence-corrected chi connectivity index (χ0v) is 16.7. The maximum absolute atomic E-state index is 13.5. The largest absolute Gasteiger partial charge is 0.461 e. The predicted octanol–water partition coefficient (Wildman–Crippen LogP) is 5.14. The van der Waals surface area contributed by atoms with E-state index in [4.69, 9.17) is 4.74 Å². The Balaban J connectivity index is 1.83. The van der Waals surface area contributed by atoms with Crippen LogP contribution in [0.5, 0.6) is 5.75 Å². The Morgan fingerprint density at radius 2 is 1.45 bits per heavy atom. The normalized spacial score (nSPS) is 16.1. The number of benzene rings is 3. The molecular weight excluding hydrogens is 384 g/mol.